The summed E-state index contributed by atoms with van der Waals surface area (Å²) in [6.07, 6.45) is 64.1. The van der Waals surface area contributed by atoms with Crippen LogP contribution >= 0.6 is 0 Å². The van der Waals surface area contributed by atoms with Gasteiger partial charge in [0.25, 0.3) is 0 Å². The quantitative estimate of drug-likeness (QED) is 0.0349. The van der Waals surface area contributed by atoms with Crippen molar-refractivity contribution in [3.05, 3.63) is 97.2 Å². The number of esters is 2. The number of unbranched alkanes of at least 4 members (excludes halogenated alkanes) is 15. The first-order valence-electron chi connectivity index (χ1n) is 23.8. The average Bonchev–Trinajstić information content (AvgIpc) is 3.22. The zero-order chi connectivity index (χ0) is 42.1. The van der Waals surface area contributed by atoms with Crippen LogP contribution in [0.3, 0.4) is 0 Å². The molecule has 0 bridgehead atoms. The molecular weight excluding hydrogens is 717 g/mol. The second-order valence-electron chi connectivity index (χ2n) is 15.2. The van der Waals surface area contributed by atoms with Crippen LogP contribution in [0.4, 0.5) is 0 Å². The van der Waals surface area contributed by atoms with Gasteiger partial charge >= 0.3 is 11.9 Å². The predicted molar refractivity (Wildman–Crippen MR) is 251 cm³/mol. The van der Waals surface area contributed by atoms with Gasteiger partial charge in [0.15, 0.2) is 6.10 Å². The SMILES string of the molecule is CC/C=C\C/C=C\C/C=C\CCCCCCOCC(COC(=O)CCCCCCC/C=C\C/C=C\CCCCC)OC(=O)CCCCC/C=C\C/C=C\C/C=C\CC. The predicted octanol–water partition coefficient (Wildman–Crippen LogP) is 15.9. The number of allylic oxidation sites excluding steroid dienone is 16. The molecule has 0 N–H and O–H groups in total. The molecule has 330 valence electrons. The van der Waals surface area contributed by atoms with Crippen molar-refractivity contribution < 1.29 is 23.8 Å². The Kier molecular flexibility index (Phi) is 45.5. The minimum Gasteiger partial charge on any atom is -0.462 e. The van der Waals surface area contributed by atoms with Crippen LogP contribution in [0.5, 0.6) is 0 Å². The van der Waals surface area contributed by atoms with Crippen molar-refractivity contribution in [2.75, 3.05) is 19.8 Å². The first kappa shape index (κ1) is 54.8. The average molecular weight is 805 g/mol. The molecule has 0 rings (SSSR count). The smallest absolute Gasteiger partial charge is 0.306 e. The van der Waals surface area contributed by atoms with Crippen LogP contribution in [0.2, 0.25) is 0 Å². The first-order chi connectivity index (χ1) is 28.6. The molecule has 0 spiro atoms. The molecule has 0 aliphatic rings. The molecule has 1 unspecified atom stereocenters. The van der Waals surface area contributed by atoms with E-state index in [9.17, 15) is 9.59 Å². The highest BCUT2D eigenvalue weighted by Gasteiger charge is 2.17. The first-order valence-corrected chi connectivity index (χ1v) is 23.8. The Balaban J connectivity index is 4.39. The highest BCUT2D eigenvalue weighted by atomic mass is 16.6. The topological polar surface area (TPSA) is 61.8 Å². The van der Waals surface area contributed by atoms with Crippen LogP contribution in [-0.2, 0) is 23.8 Å². The van der Waals surface area contributed by atoms with Gasteiger partial charge in [0.2, 0.25) is 0 Å². The van der Waals surface area contributed by atoms with E-state index in [-0.39, 0.29) is 25.2 Å². The van der Waals surface area contributed by atoms with E-state index in [2.05, 4.69) is 118 Å². The Morgan fingerprint density at radius 1 is 0.397 bits per heavy atom. The standard InChI is InChI=1S/C53H88O5/c1-4-7-10-13-16-19-22-25-27-29-31-34-37-40-43-46-52(54)57-50-51(49-56-48-45-42-39-36-33-30-26-23-20-17-14-11-8-5-2)58-53(55)47-44-41-38-35-32-28-24-21-18-15-12-9-6-3/h8-9,11-12,16-21,25-28,30,32,51H,4-7,10,13-15,22-24,29,31,33-50H2,1-3H3/b11-8-,12-9-,19-16-,20-17-,21-18-,27-25-,30-26-,32-28-. The summed E-state index contributed by atoms with van der Waals surface area (Å²) in [7, 11) is 0. The summed E-state index contributed by atoms with van der Waals surface area (Å²) in [5, 5.41) is 0. The van der Waals surface area contributed by atoms with Crippen LogP contribution in [0.15, 0.2) is 97.2 Å². The number of hydrogen-bond donors (Lipinski definition) is 0. The number of carbonyl (C=O) groups excluding carboxylic acids is 2. The largest absolute Gasteiger partial charge is 0.462 e. The Labute approximate surface area is 358 Å². The Morgan fingerprint density at radius 2 is 0.776 bits per heavy atom. The fourth-order valence-electron chi connectivity index (χ4n) is 6.10. The molecule has 0 aromatic carbocycles. The number of carbonyl (C=O) groups is 2. The summed E-state index contributed by atoms with van der Waals surface area (Å²) in [5.74, 6) is -0.467. The fraction of sp³-hybridized carbons (Fsp3) is 0.660. The molecule has 0 saturated carbocycles. The Bertz CT molecular complexity index is 1140. The number of hydrogen-bond acceptors (Lipinski definition) is 5. The Hall–Kier alpha value is -3.18. The minimum atomic E-state index is -0.573. The van der Waals surface area contributed by atoms with Gasteiger partial charge in [-0.2, -0.15) is 0 Å². The lowest BCUT2D eigenvalue weighted by molar-refractivity contribution is -0.163. The van der Waals surface area contributed by atoms with Gasteiger partial charge in [-0.25, -0.2) is 0 Å². The lowest BCUT2D eigenvalue weighted by Gasteiger charge is -2.18. The molecule has 0 fully saturated rings. The van der Waals surface area contributed by atoms with Gasteiger partial charge < -0.3 is 14.2 Å². The number of ether oxygens (including phenoxy) is 3. The van der Waals surface area contributed by atoms with E-state index >= 15 is 0 Å². The van der Waals surface area contributed by atoms with Gasteiger partial charge in [-0.15, -0.1) is 0 Å². The lowest BCUT2D eigenvalue weighted by Crippen LogP contribution is -2.30. The van der Waals surface area contributed by atoms with Crippen LogP contribution < -0.4 is 0 Å². The molecule has 58 heavy (non-hydrogen) atoms. The zero-order valence-electron chi connectivity index (χ0n) is 37.8. The van der Waals surface area contributed by atoms with Gasteiger partial charge in [0, 0.05) is 19.4 Å². The van der Waals surface area contributed by atoms with Gasteiger partial charge in [-0.3, -0.25) is 9.59 Å². The maximum atomic E-state index is 12.7. The molecule has 0 aromatic heterocycles. The Morgan fingerprint density at radius 3 is 1.26 bits per heavy atom. The molecule has 5 nitrogen and oxygen atoms in total. The van der Waals surface area contributed by atoms with Gasteiger partial charge in [-0.05, 0) is 116 Å². The summed E-state index contributed by atoms with van der Waals surface area (Å²) >= 11 is 0. The van der Waals surface area contributed by atoms with Crippen molar-refractivity contribution in [1.82, 2.24) is 0 Å². The van der Waals surface area contributed by atoms with Crippen LogP contribution in [0, 0.1) is 0 Å². The number of rotatable bonds is 42. The summed E-state index contributed by atoms with van der Waals surface area (Å²) < 4.78 is 17.3. The van der Waals surface area contributed by atoms with Crippen LogP contribution in [-0.4, -0.2) is 37.9 Å². The third-order valence-corrected chi connectivity index (χ3v) is 9.58. The van der Waals surface area contributed by atoms with Gasteiger partial charge in [-0.1, -0.05) is 169 Å². The van der Waals surface area contributed by atoms with Crippen molar-refractivity contribution in [3.8, 4) is 0 Å². The van der Waals surface area contributed by atoms with Crippen LogP contribution in [0.25, 0.3) is 0 Å². The molecule has 0 heterocycles. The zero-order valence-corrected chi connectivity index (χ0v) is 37.8. The molecule has 0 radical (unpaired) electrons. The molecule has 0 aromatic rings. The monoisotopic (exact) mass is 805 g/mol. The van der Waals surface area contributed by atoms with Crippen molar-refractivity contribution in [2.24, 2.45) is 0 Å². The minimum absolute atomic E-state index is 0.0515. The molecule has 5 heteroatoms. The van der Waals surface area contributed by atoms with Crippen molar-refractivity contribution >= 4 is 11.9 Å². The molecule has 0 aliphatic carbocycles. The molecule has 0 aliphatic heterocycles. The van der Waals surface area contributed by atoms with E-state index in [1.165, 1.54) is 51.4 Å². The van der Waals surface area contributed by atoms with Crippen molar-refractivity contribution in [2.45, 2.75) is 207 Å². The van der Waals surface area contributed by atoms with E-state index in [1.807, 2.05) is 0 Å². The maximum Gasteiger partial charge on any atom is 0.306 e. The van der Waals surface area contributed by atoms with E-state index < -0.39 is 6.10 Å². The van der Waals surface area contributed by atoms with Crippen LogP contribution in [0.1, 0.15) is 201 Å². The van der Waals surface area contributed by atoms with E-state index in [4.69, 9.17) is 14.2 Å². The maximum absolute atomic E-state index is 12.7. The molecular formula is C53H88O5. The summed E-state index contributed by atoms with van der Waals surface area (Å²) in [6, 6.07) is 0. The summed E-state index contributed by atoms with van der Waals surface area (Å²) in [6.45, 7) is 7.46. The normalized spacial score (nSPS) is 13.1. The molecule has 1 atom stereocenters. The highest BCUT2D eigenvalue weighted by Crippen LogP contribution is 2.11. The van der Waals surface area contributed by atoms with Crippen molar-refractivity contribution in [1.29, 1.82) is 0 Å². The summed E-state index contributed by atoms with van der Waals surface area (Å²) in [5.41, 5.74) is 0. The third-order valence-electron chi connectivity index (χ3n) is 9.58. The van der Waals surface area contributed by atoms with Crippen molar-refractivity contribution in [3.63, 3.8) is 0 Å². The van der Waals surface area contributed by atoms with E-state index in [1.54, 1.807) is 0 Å². The highest BCUT2D eigenvalue weighted by molar-refractivity contribution is 5.70. The fourth-order valence-corrected chi connectivity index (χ4v) is 6.10. The van der Waals surface area contributed by atoms with E-state index in [0.717, 1.165) is 116 Å². The third kappa shape index (κ3) is 45.5. The second-order valence-corrected chi connectivity index (χ2v) is 15.2. The van der Waals surface area contributed by atoms with E-state index in [0.29, 0.717) is 19.4 Å². The second kappa shape index (κ2) is 48.2. The summed E-state index contributed by atoms with van der Waals surface area (Å²) in [4.78, 5) is 25.3. The molecule has 0 amide bonds. The van der Waals surface area contributed by atoms with Gasteiger partial charge in [0.05, 0.1) is 6.61 Å². The molecule has 0 saturated heterocycles. The lowest BCUT2D eigenvalue weighted by atomic mass is 10.1. The van der Waals surface area contributed by atoms with Gasteiger partial charge in [0.1, 0.15) is 6.61 Å².